The zero-order valence-electron chi connectivity index (χ0n) is 12.7. The Morgan fingerprint density at radius 3 is 3.14 bits per heavy atom. The number of hydrogen-bond acceptors (Lipinski definition) is 3. The summed E-state index contributed by atoms with van der Waals surface area (Å²) in [5.41, 5.74) is 3.07. The summed E-state index contributed by atoms with van der Waals surface area (Å²) in [7, 11) is 0. The summed E-state index contributed by atoms with van der Waals surface area (Å²) < 4.78 is 0. The minimum atomic E-state index is 0.174. The lowest BCUT2D eigenvalue weighted by molar-refractivity contribution is -0.131. The van der Waals surface area contributed by atoms with E-state index in [0.717, 1.165) is 42.2 Å². The number of pyridine rings is 1. The van der Waals surface area contributed by atoms with Crippen molar-refractivity contribution >= 4 is 5.91 Å². The van der Waals surface area contributed by atoms with E-state index in [-0.39, 0.29) is 5.91 Å². The van der Waals surface area contributed by atoms with Gasteiger partial charge in [0.25, 0.3) is 0 Å². The molecule has 0 atom stereocenters. The number of nitrogens with zero attached hydrogens (tertiary/aromatic N) is 3. The van der Waals surface area contributed by atoms with Gasteiger partial charge in [-0.3, -0.25) is 9.78 Å². The van der Waals surface area contributed by atoms with Gasteiger partial charge in [0.15, 0.2) is 0 Å². The van der Waals surface area contributed by atoms with Gasteiger partial charge in [0.1, 0.15) is 5.82 Å². The van der Waals surface area contributed by atoms with Crippen LogP contribution in [-0.4, -0.2) is 32.3 Å². The van der Waals surface area contributed by atoms with E-state index >= 15 is 0 Å². The molecule has 2 aromatic heterocycles. The second kappa shape index (κ2) is 6.56. The quantitative estimate of drug-likeness (QED) is 0.882. The molecule has 0 spiro atoms. The highest BCUT2D eigenvalue weighted by molar-refractivity contribution is 5.78. The third kappa shape index (κ3) is 3.08. The molecule has 3 heterocycles. The predicted molar refractivity (Wildman–Crippen MR) is 85.0 cm³/mol. The van der Waals surface area contributed by atoms with Crippen LogP contribution in [0.15, 0.2) is 36.7 Å². The molecular weight excluding hydrogens is 276 g/mol. The van der Waals surface area contributed by atoms with Crippen molar-refractivity contribution in [1.82, 2.24) is 19.9 Å². The molecule has 1 aliphatic heterocycles. The molecule has 5 nitrogen and oxygen atoms in total. The van der Waals surface area contributed by atoms with Crippen molar-refractivity contribution in [1.29, 1.82) is 0 Å². The Morgan fingerprint density at radius 1 is 1.45 bits per heavy atom. The van der Waals surface area contributed by atoms with Gasteiger partial charge in [-0.2, -0.15) is 0 Å². The van der Waals surface area contributed by atoms with E-state index in [1.165, 1.54) is 0 Å². The number of carbonyl (C=O) groups excluding carboxylic acids is 1. The Balaban J connectivity index is 1.72. The van der Waals surface area contributed by atoms with Crippen LogP contribution in [0.25, 0.3) is 11.4 Å². The fourth-order valence-corrected chi connectivity index (χ4v) is 2.63. The van der Waals surface area contributed by atoms with Gasteiger partial charge >= 0.3 is 0 Å². The third-order valence-corrected chi connectivity index (χ3v) is 3.81. The van der Waals surface area contributed by atoms with Crippen LogP contribution in [0.2, 0.25) is 0 Å². The molecule has 0 saturated heterocycles. The molecule has 0 unspecified atom stereocenters. The van der Waals surface area contributed by atoms with Gasteiger partial charge in [0.2, 0.25) is 5.91 Å². The van der Waals surface area contributed by atoms with Crippen molar-refractivity contribution in [2.45, 2.75) is 32.7 Å². The zero-order chi connectivity index (χ0) is 15.4. The van der Waals surface area contributed by atoms with Crippen LogP contribution in [0.3, 0.4) is 0 Å². The van der Waals surface area contributed by atoms with Gasteiger partial charge in [0, 0.05) is 37.3 Å². The molecule has 2 aromatic rings. The van der Waals surface area contributed by atoms with Crippen LogP contribution in [0.1, 0.15) is 31.2 Å². The van der Waals surface area contributed by atoms with Crippen molar-refractivity contribution in [3.8, 4) is 11.4 Å². The van der Waals surface area contributed by atoms with Gasteiger partial charge in [0.05, 0.1) is 17.9 Å². The average molecular weight is 296 g/mol. The molecule has 5 heteroatoms. The lowest BCUT2D eigenvalue weighted by Crippen LogP contribution is -2.35. The van der Waals surface area contributed by atoms with E-state index in [1.54, 1.807) is 12.4 Å². The van der Waals surface area contributed by atoms with E-state index in [9.17, 15) is 4.79 Å². The third-order valence-electron chi connectivity index (χ3n) is 3.81. The maximum absolute atomic E-state index is 12.2. The fraction of sp³-hybridized carbons (Fsp3) is 0.353. The lowest BCUT2D eigenvalue weighted by atomic mass is 10.1. The van der Waals surface area contributed by atoms with Gasteiger partial charge in [-0.15, -0.1) is 0 Å². The van der Waals surface area contributed by atoms with Gasteiger partial charge < -0.3 is 9.88 Å². The molecule has 3 rings (SSSR count). The summed E-state index contributed by atoms with van der Waals surface area (Å²) in [6.45, 7) is 3.42. The number of nitrogens with one attached hydrogen (secondary N) is 1. The number of rotatable bonds is 4. The second-order valence-electron chi connectivity index (χ2n) is 5.40. The first-order valence-corrected chi connectivity index (χ1v) is 7.69. The van der Waals surface area contributed by atoms with Crippen LogP contribution in [0.4, 0.5) is 0 Å². The van der Waals surface area contributed by atoms with E-state index in [1.807, 2.05) is 29.2 Å². The SMILES string of the molecule is CCC=CCC(=O)N1CCc2nc(-c3cccnc3)[nH]c2C1. The summed E-state index contributed by atoms with van der Waals surface area (Å²) in [5, 5.41) is 0. The van der Waals surface area contributed by atoms with Crippen molar-refractivity contribution in [2.75, 3.05) is 6.54 Å². The van der Waals surface area contributed by atoms with Crippen molar-refractivity contribution < 1.29 is 4.79 Å². The molecule has 0 aliphatic carbocycles. The molecule has 0 radical (unpaired) electrons. The summed E-state index contributed by atoms with van der Waals surface area (Å²) in [4.78, 5) is 26.2. The van der Waals surface area contributed by atoms with E-state index in [0.29, 0.717) is 13.0 Å². The maximum Gasteiger partial charge on any atom is 0.226 e. The van der Waals surface area contributed by atoms with E-state index in [4.69, 9.17) is 0 Å². The van der Waals surface area contributed by atoms with Crippen molar-refractivity contribution in [2.24, 2.45) is 0 Å². The molecule has 0 aromatic carbocycles. The van der Waals surface area contributed by atoms with Crippen LogP contribution in [0, 0.1) is 0 Å². The fourth-order valence-electron chi connectivity index (χ4n) is 2.63. The zero-order valence-corrected chi connectivity index (χ0v) is 12.7. The standard InChI is InChI=1S/C17H20N4O/c1-2-3-4-7-16(22)21-10-8-14-15(12-21)20-17(19-14)13-6-5-9-18-11-13/h3-6,9,11H,2,7-8,10,12H2,1H3,(H,19,20). The largest absolute Gasteiger partial charge is 0.340 e. The number of hydrogen-bond donors (Lipinski definition) is 1. The molecule has 0 bridgehead atoms. The molecule has 0 fully saturated rings. The Hall–Kier alpha value is -2.43. The first-order chi connectivity index (χ1) is 10.8. The summed E-state index contributed by atoms with van der Waals surface area (Å²) in [6, 6.07) is 3.88. The molecular formula is C17H20N4O. The molecule has 1 aliphatic rings. The number of carbonyl (C=O) groups is 1. The predicted octanol–water partition coefficient (Wildman–Crippen LogP) is 2.71. The van der Waals surface area contributed by atoms with Gasteiger partial charge in [-0.05, 0) is 18.6 Å². The number of imidazole rings is 1. The molecule has 22 heavy (non-hydrogen) atoms. The summed E-state index contributed by atoms with van der Waals surface area (Å²) in [6.07, 6.45) is 9.77. The highest BCUT2D eigenvalue weighted by Gasteiger charge is 2.23. The Morgan fingerprint density at radius 2 is 2.36 bits per heavy atom. The maximum atomic E-state index is 12.2. The topological polar surface area (TPSA) is 61.9 Å². The van der Waals surface area contributed by atoms with Crippen molar-refractivity contribution in [3.63, 3.8) is 0 Å². The Bertz CT molecular complexity index is 675. The number of amides is 1. The Kier molecular flexibility index (Phi) is 4.32. The highest BCUT2D eigenvalue weighted by Crippen LogP contribution is 2.22. The van der Waals surface area contributed by atoms with Crippen LogP contribution >= 0.6 is 0 Å². The molecule has 0 saturated carbocycles. The molecule has 1 amide bonds. The van der Waals surface area contributed by atoms with Gasteiger partial charge in [-0.25, -0.2) is 4.98 Å². The van der Waals surface area contributed by atoms with E-state index in [2.05, 4.69) is 21.9 Å². The smallest absolute Gasteiger partial charge is 0.226 e. The second-order valence-corrected chi connectivity index (χ2v) is 5.40. The number of aromatic nitrogens is 3. The van der Waals surface area contributed by atoms with Crippen molar-refractivity contribution in [3.05, 3.63) is 48.1 Å². The first kappa shape index (κ1) is 14.5. The minimum absolute atomic E-state index is 0.174. The Labute approximate surface area is 130 Å². The lowest BCUT2D eigenvalue weighted by Gasteiger charge is -2.25. The first-order valence-electron chi connectivity index (χ1n) is 7.69. The monoisotopic (exact) mass is 296 g/mol. The number of allylic oxidation sites excluding steroid dienone is 1. The summed E-state index contributed by atoms with van der Waals surface area (Å²) >= 11 is 0. The minimum Gasteiger partial charge on any atom is -0.340 e. The van der Waals surface area contributed by atoms with E-state index < -0.39 is 0 Å². The van der Waals surface area contributed by atoms with Crippen LogP contribution in [0.5, 0.6) is 0 Å². The highest BCUT2D eigenvalue weighted by atomic mass is 16.2. The molecule has 1 N–H and O–H groups in total. The number of aromatic amines is 1. The molecule has 114 valence electrons. The van der Waals surface area contributed by atoms with Crippen LogP contribution < -0.4 is 0 Å². The van der Waals surface area contributed by atoms with Gasteiger partial charge in [-0.1, -0.05) is 19.1 Å². The number of H-pyrrole nitrogens is 1. The van der Waals surface area contributed by atoms with Crippen LogP contribution in [-0.2, 0) is 17.8 Å². The normalized spacial score (nSPS) is 14.3. The summed E-state index contributed by atoms with van der Waals surface area (Å²) in [5.74, 6) is 1.01. The number of fused-ring (bicyclic) bond motifs is 1. The average Bonchev–Trinajstić information content (AvgIpc) is 2.99.